The van der Waals surface area contributed by atoms with E-state index in [1.165, 1.54) is 0 Å². The standard InChI is InChI=1S/C8H8F6O7S/c9-7(10,11)6(8(12,13)14,3-22(18,19)20)21-5(17)2-1-4(15)16/h1-3H2,(H,15,16)(H,18,19,20). The zero-order chi connectivity index (χ0) is 18.0. The van der Waals surface area contributed by atoms with E-state index in [-0.39, 0.29) is 0 Å². The van der Waals surface area contributed by atoms with Gasteiger partial charge in [-0.1, -0.05) is 0 Å². The Morgan fingerprint density at radius 1 is 0.955 bits per heavy atom. The van der Waals surface area contributed by atoms with Gasteiger partial charge in [0.25, 0.3) is 10.1 Å². The number of rotatable bonds is 6. The number of carboxylic acid groups (broad SMARTS) is 1. The Morgan fingerprint density at radius 2 is 1.36 bits per heavy atom. The molecule has 0 aliphatic rings. The molecule has 0 atom stereocenters. The van der Waals surface area contributed by atoms with Crippen molar-refractivity contribution >= 4 is 22.1 Å². The zero-order valence-electron chi connectivity index (χ0n) is 10.2. The molecule has 0 rings (SSSR count). The average Bonchev–Trinajstić information content (AvgIpc) is 2.20. The highest BCUT2D eigenvalue weighted by atomic mass is 32.2. The maximum atomic E-state index is 12.7. The van der Waals surface area contributed by atoms with Crippen molar-refractivity contribution in [3.63, 3.8) is 0 Å². The van der Waals surface area contributed by atoms with Crippen LogP contribution in [0.15, 0.2) is 0 Å². The highest BCUT2D eigenvalue weighted by Gasteiger charge is 2.75. The Bertz CT molecular complexity index is 520. The minimum Gasteiger partial charge on any atom is -0.481 e. The summed E-state index contributed by atoms with van der Waals surface area (Å²) in [5.41, 5.74) is -5.51. The Hall–Kier alpha value is -1.57. The summed E-state index contributed by atoms with van der Waals surface area (Å²) in [7, 11) is -5.86. The van der Waals surface area contributed by atoms with Crippen LogP contribution in [0.1, 0.15) is 12.8 Å². The van der Waals surface area contributed by atoms with Gasteiger partial charge in [-0.05, 0) is 0 Å². The molecule has 0 radical (unpaired) electrons. The summed E-state index contributed by atoms with van der Waals surface area (Å²) < 4.78 is 108. The van der Waals surface area contributed by atoms with Gasteiger partial charge < -0.3 is 9.84 Å². The van der Waals surface area contributed by atoms with E-state index >= 15 is 0 Å². The highest BCUT2D eigenvalue weighted by Crippen LogP contribution is 2.47. The summed E-state index contributed by atoms with van der Waals surface area (Å²) >= 11 is 0. The third-order valence-electron chi connectivity index (χ3n) is 2.13. The number of halogens is 6. The molecule has 0 amide bonds. The molecular weight excluding hydrogens is 354 g/mol. The van der Waals surface area contributed by atoms with Crippen molar-refractivity contribution in [1.82, 2.24) is 0 Å². The first-order valence-corrected chi connectivity index (χ1v) is 6.65. The van der Waals surface area contributed by atoms with Gasteiger partial charge in [0, 0.05) is 0 Å². The summed E-state index contributed by atoms with van der Waals surface area (Å²) in [4.78, 5) is 21.1. The molecule has 0 heterocycles. The minimum atomic E-state index is -6.43. The van der Waals surface area contributed by atoms with Gasteiger partial charge in [-0.2, -0.15) is 34.8 Å². The molecule has 0 unspecified atom stereocenters. The monoisotopic (exact) mass is 362 g/mol. The Labute approximate surface area is 118 Å². The number of carbonyl (C=O) groups excluding carboxylic acids is 1. The summed E-state index contributed by atoms with van der Waals surface area (Å²) in [6, 6.07) is 0. The first kappa shape index (κ1) is 20.4. The molecule has 0 saturated carbocycles. The fourth-order valence-corrected chi connectivity index (χ4v) is 2.08. The molecule has 0 aliphatic carbocycles. The topological polar surface area (TPSA) is 118 Å². The summed E-state index contributed by atoms with van der Waals surface area (Å²) in [5, 5.41) is 8.18. The average molecular weight is 362 g/mol. The van der Waals surface area contributed by atoms with Gasteiger partial charge in [0.2, 0.25) is 0 Å². The van der Waals surface area contributed by atoms with E-state index in [0.29, 0.717) is 0 Å². The SMILES string of the molecule is O=C(O)CCC(=O)OC(CS(=O)(=O)O)(C(F)(F)F)C(F)(F)F. The fraction of sp³-hybridized carbons (Fsp3) is 0.750. The van der Waals surface area contributed by atoms with Crippen LogP contribution in [0.2, 0.25) is 0 Å². The van der Waals surface area contributed by atoms with E-state index in [4.69, 9.17) is 9.66 Å². The van der Waals surface area contributed by atoms with E-state index in [2.05, 4.69) is 4.74 Å². The molecule has 0 aromatic heterocycles. The van der Waals surface area contributed by atoms with Crippen LogP contribution < -0.4 is 0 Å². The van der Waals surface area contributed by atoms with E-state index in [9.17, 15) is 44.3 Å². The Balaban J connectivity index is 5.77. The molecule has 130 valence electrons. The number of carboxylic acids is 1. The van der Waals surface area contributed by atoms with Crippen LogP contribution in [0.5, 0.6) is 0 Å². The van der Waals surface area contributed by atoms with Crippen LogP contribution in [-0.4, -0.2) is 53.7 Å². The van der Waals surface area contributed by atoms with Gasteiger partial charge in [-0.3, -0.25) is 14.1 Å². The molecule has 2 N–H and O–H groups in total. The first-order valence-electron chi connectivity index (χ1n) is 5.04. The number of esters is 1. The fourth-order valence-electron chi connectivity index (χ4n) is 1.18. The Morgan fingerprint density at radius 3 is 1.64 bits per heavy atom. The van der Waals surface area contributed by atoms with Gasteiger partial charge in [-0.25, -0.2) is 0 Å². The normalized spacial score (nSPS) is 13.8. The third-order valence-corrected chi connectivity index (χ3v) is 2.90. The highest BCUT2D eigenvalue weighted by molar-refractivity contribution is 7.85. The number of aliphatic carboxylic acids is 1. The molecular formula is C8H8F6O7S. The molecule has 0 aromatic rings. The largest absolute Gasteiger partial charge is 0.481 e. The van der Waals surface area contributed by atoms with Crippen LogP contribution >= 0.6 is 0 Å². The second kappa shape index (κ2) is 6.28. The number of carbonyl (C=O) groups is 2. The molecule has 7 nitrogen and oxygen atoms in total. The zero-order valence-corrected chi connectivity index (χ0v) is 11.0. The number of alkyl halides is 6. The summed E-state index contributed by atoms with van der Waals surface area (Å²) in [6.07, 6.45) is -15.4. The van der Waals surface area contributed by atoms with Gasteiger partial charge >= 0.3 is 29.9 Å². The molecule has 0 spiro atoms. The molecule has 0 bridgehead atoms. The van der Waals surface area contributed by atoms with E-state index < -0.39 is 58.6 Å². The van der Waals surface area contributed by atoms with Crippen molar-refractivity contribution in [3.05, 3.63) is 0 Å². The van der Waals surface area contributed by atoms with Crippen molar-refractivity contribution in [2.75, 3.05) is 5.75 Å². The third kappa shape index (κ3) is 5.32. The van der Waals surface area contributed by atoms with Crippen LogP contribution in [0, 0.1) is 0 Å². The van der Waals surface area contributed by atoms with Gasteiger partial charge in [0.05, 0.1) is 12.8 Å². The van der Waals surface area contributed by atoms with Crippen molar-refractivity contribution in [1.29, 1.82) is 0 Å². The molecule has 0 aliphatic heterocycles. The maximum Gasteiger partial charge on any atom is 0.438 e. The van der Waals surface area contributed by atoms with Gasteiger partial charge in [0.1, 0.15) is 5.75 Å². The summed E-state index contributed by atoms with van der Waals surface area (Å²) in [6.45, 7) is 0. The quantitative estimate of drug-likeness (QED) is 0.413. The van der Waals surface area contributed by atoms with Crippen molar-refractivity contribution < 1.29 is 58.7 Å². The molecule has 0 fully saturated rings. The minimum absolute atomic E-state index is 1.14. The molecule has 0 saturated heterocycles. The number of hydrogen-bond acceptors (Lipinski definition) is 5. The van der Waals surface area contributed by atoms with Crippen molar-refractivity contribution in [2.24, 2.45) is 0 Å². The second-order valence-electron chi connectivity index (χ2n) is 3.92. The van der Waals surface area contributed by atoms with Crippen molar-refractivity contribution in [2.45, 2.75) is 30.8 Å². The van der Waals surface area contributed by atoms with E-state index in [1.807, 2.05) is 0 Å². The number of ether oxygens (including phenoxy) is 1. The maximum absolute atomic E-state index is 12.7. The molecule has 14 heteroatoms. The van der Waals surface area contributed by atoms with E-state index in [1.54, 1.807) is 0 Å². The first-order chi connectivity index (χ1) is 9.52. The lowest BCUT2D eigenvalue weighted by Crippen LogP contribution is -2.63. The lowest BCUT2D eigenvalue weighted by molar-refractivity contribution is -0.361. The van der Waals surface area contributed by atoms with Crippen LogP contribution in [0.4, 0.5) is 26.3 Å². The summed E-state index contributed by atoms with van der Waals surface area (Å²) in [5.74, 6) is -6.97. The van der Waals surface area contributed by atoms with Crippen LogP contribution in [0.3, 0.4) is 0 Å². The van der Waals surface area contributed by atoms with Gasteiger partial charge in [-0.15, -0.1) is 0 Å². The van der Waals surface area contributed by atoms with E-state index in [0.717, 1.165) is 0 Å². The Kier molecular flexibility index (Phi) is 5.83. The second-order valence-corrected chi connectivity index (χ2v) is 5.37. The lowest BCUT2D eigenvalue weighted by Gasteiger charge is -2.35. The van der Waals surface area contributed by atoms with Crippen LogP contribution in [-0.2, 0) is 24.4 Å². The van der Waals surface area contributed by atoms with Crippen LogP contribution in [0.25, 0.3) is 0 Å². The smallest absolute Gasteiger partial charge is 0.438 e. The molecule has 22 heavy (non-hydrogen) atoms. The van der Waals surface area contributed by atoms with Crippen molar-refractivity contribution in [3.8, 4) is 0 Å². The predicted molar refractivity (Wildman–Crippen MR) is 54.2 cm³/mol. The number of hydrogen-bond donors (Lipinski definition) is 2. The van der Waals surface area contributed by atoms with Gasteiger partial charge in [0.15, 0.2) is 0 Å². The predicted octanol–water partition coefficient (Wildman–Crippen LogP) is 1.15. The lowest BCUT2D eigenvalue weighted by atomic mass is 10.1. The molecule has 0 aromatic carbocycles.